The summed E-state index contributed by atoms with van der Waals surface area (Å²) >= 11 is 6.24. The van der Waals surface area contributed by atoms with E-state index in [-0.39, 0.29) is 23.3 Å². The fourth-order valence-electron chi connectivity index (χ4n) is 4.63. The van der Waals surface area contributed by atoms with E-state index >= 15 is 0 Å². The van der Waals surface area contributed by atoms with Gasteiger partial charge in [-0.2, -0.15) is 0 Å². The Kier molecular flexibility index (Phi) is 8.08. The molecule has 0 unspecified atom stereocenters. The Morgan fingerprint density at radius 3 is 2.47 bits per heavy atom. The normalized spacial score (nSPS) is 15.3. The molecule has 200 valence electrons. The molecule has 0 fully saturated rings. The van der Waals surface area contributed by atoms with Crippen molar-refractivity contribution in [2.45, 2.75) is 57.5 Å². The van der Waals surface area contributed by atoms with Gasteiger partial charge in [0.05, 0.1) is 22.7 Å². The van der Waals surface area contributed by atoms with Gasteiger partial charge in [0, 0.05) is 30.0 Å². The number of para-hydroxylation sites is 2. The number of aromatic nitrogens is 1. The van der Waals surface area contributed by atoms with Crippen LogP contribution in [0, 0.1) is 13.8 Å². The molecule has 0 saturated carbocycles. The van der Waals surface area contributed by atoms with Crippen LogP contribution in [0.4, 0.5) is 11.4 Å². The summed E-state index contributed by atoms with van der Waals surface area (Å²) in [5.74, 6) is -0.861. The maximum absolute atomic E-state index is 14.2. The van der Waals surface area contributed by atoms with E-state index in [2.05, 4.69) is 10.3 Å². The molecule has 10 heteroatoms. The molecule has 2 heterocycles. The van der Waals surface area contributed by atoms with Gasteiger partial charge in [0.15, 0.2) is 0 Å². The fourth-order valence-corrected chi connectivity index (χ4v) is 6.77. The third-order valence-electron chi connectivity index (χ3n) is 6.68. The monoisotopic (exact) mass is 554 g/mol. The van der Waals surface area contributed by atoms with Crippen molar-refractivity contribution in [2.75, 3.05) is 16.2 Å². The number of nitrogens with zero attached hydrogens (tertiary/aromatic N) is 3. The molecule has 2 amide bonds. The topological polar surface area (TPSA) is 99.7 Å². The number of hydrogen-bond acceptors (Lipinski definition) is 5. The number of carbonyl (C=O) groups is 2. The molecule has 1 N–H and O–H groups in total. The molecule has 4 rings (SSSR count). The largest absolute Gasteiger partial charge is 0.340 e. The van der Waals surface area contributed by atoms with E-state index < -0.39 is 22.0 Å². The minimum absolute atomic E-state index is 0.0414. The van der Waals surface area contributed by atoms with Crippen molar-refractivity contribution < 1.29 is 18.0 Å². The maximum Gasteiger partial charge on any atom is 0.265 e. The lowest BCUT2D eigenvalue weighted by Gasteiger charge is -2.38. The zero-order chi connectivity index (χ0) is 27.6. The first kappa shape index (κ1) is 27.6. The second-order valence-corrected chi connectivity index (χ2v) is 11.9. The van der Waals surface area contributed by atoms with E-state index in [0.29, 0.717) is 40.5 Å². The van der Waals surface area contributed by atoms with Crippen LogP contribution in [0.2, 0.25) is 5.02 Å². The molecule has 1 aliphatic heterocycles. The fraction of sp³-hybridized carbons (Fsp3) is 0.321. The summed E-state index contributed by atoms with van der Waals surface area (Å²) in [6, 6.07) is 12.2. The second kappa shape index (κ2) is 11.1. The number of rotatable bonds is 8. The van der Waals surface area contributed by atoms with Gasteiger partial charge in [-0.05, 0) is 87.2 Å². The third-order valence-corrected chi connectivity index (χ3v) is 9.05. The molecular weight excluding hydrogens is 524 g/mol. The molecule has 1 atom stereocenters. The molecule has 1 aromatic heterocycles. The Morgan fingerprint density at radius 1 is 1.11 bits per heavy atom. The predicted octanol–water partition coefficient (Wildman–Crippen LogP) is 4.74. The molecule has 8 nitrogen and oxygen atoms in total. The molecule has 0 saturated heterocycles. The standard InChI is InChI=1S/C28H31ClN4O4S/c1-18(2)32(14-11-21-9-12-30-13-10-21)27(34)17-25-28(35)31-23-7-5-6-8-24(23)33(25)38(36,37)26-16-19(3)22(29)15-20(26)4/h5-10,12-13,15-16,18,25H,11,14,17H2,1-4H3,(H,31,35)/t25-/m1/s1. The van der Waals surface area contributed by atoms with Gasteiger partial charge in [-0.15, -0.1) is 0 Å². The van der Waals surface area contributed by atoms with E-state index in [1.807, 2.05) is 26.0 Å². The highest BCUT2D eigenvalue weighted by atomic mass is 35.5. The van der Waals surface area contributed by atoms with E-state index in [1.165, 1.54) is 6.07 Å². The Balaban J connectivity index is 1.71. The van der Waals surface area contributed by atoms with Gasteiger partial charge < -0.3 is 10.2 Å². The van der Waals surface area contributed by atoms with Crippen molar-refractivity contribution in [1.29, 1.82) is 0 Å². The number of anilines is 2. The minimum atomic E-state index is -4.24. The van der Waals surface area contributed by atoms with Crippen LogP contribution in [0.3, 0.4) is 0 Å². The molecule has 0 aliphatic carbocycles. The molecule has 3 aromatic rings. The van der Waals surface area contributed by atoms with Crippen LogP contribution in [0.1, 0.15) is 37.0 Å². The zero-order valence-corrected chi connectivity index (χ0v) is 23.4. The highest BCUT2D eigenvalue weighted by Gasteiger charge is 2.43. The number of carbonyl (C=O) groups excluding carboxylic acids is 2. The number of fused-ring (bicyclic) bond motifs is 1. The van der Waals surface area contributed by atoms with E-state index in [9.17, 15) is 18.0 Å². The number of sulfonamides is 1. The summed E-state index contributed by atoms with van der Waals surface area (Å²) < 4.78 is 29.4. The van der Waals surface area contributed by atoms with Gasteiger partial charge in [-0.3, -0.25) is 18.9 Å². The van der Waals surface area contributed by atoms with Crippen LogP contribution in [-0.2, 0) is 26.0 Å². The van der Waals surface area contributed by atoms with Crippen LogP contribution < -0.4 is 9.62 Å². The van der Waals surface area contributed by atoms with Crippen molar-refractivity contribution in [1.82, 2.24) is 9.88 Å². The van der Waals surface area contributed by atoms with E-state index in [0.717, 1.165) is 9.87 Å². The highest BCUT2D eigenvalue weighted by molar-refractivity contribution is 7.93. The van der Waals surface area contributed by atoms with Gasteiger partial charge in [-0.25, -0.2) is 8.42 Å². The average molecular weight is 555 g/mol. The third kappa shape index (κ3) is 5.54. The summed E-state index contributed by atoms with van der Waals surface area (Å²) in [6.45, 7) is 7.60. The summed E-state index contributed by atoms with van der Waals surface area (Å²) in [6.07, 6.45) is 3.70. The van der Waals surface area contributed by atoms with Gasteiger partial charge in [0.25, 0.3) is 10.0 Å². The molecule has 0 spiro atoms. The first-order chi connectivity index (χ1) is 18.0. The van der Waals surface area contributed by atoms with Crippen molar-refractivity contribution in [3.05, 3.63) is 82.6 Å². The molecule has 2 aromatic carbocycles. The smallest absolute Gasteiger partial charge is 0.265 e. The van der Waals surface area contributed by atoms with Crippen molar-refractivity contribution in [3.63, 3.8) is 0 Å². The van der Waals surface area contributed by atoms with Crippen LogP contribution in [-0.4, -0.2) is 48.7 Å². The van der Waals surface area contributed by atoms with Crippen LogP contribution >= 0.6 is 11.6 Å². The average Bonchev–Trinajstić information content (AvgIpc) is 2.87. The minimum Gasteiger partial charge on any atom is -0.340 e. The van der Waals surface area contributed by atoms with Gasteiger partial charge in [0.2, 0.25) is 11.8 Å². The zero-order valence-electron chi connectivity index (χ0n) is 21.8. The SMILES string of the molecule is Cc1cc(S(=O)(=O)N2c3ccccc3NC(=O)[C@H]2CC(=O)N(CCc2ccncc2)C(C)C)c(C)cc1Cl. The summed E-state index contributed by atoms with van der Waals surface area (Å²) in [7, 11) is -4.24. The van der Waals surface area contributed by atoms with Gasteiger partial charge in [-0.1, -0.05) is 23.7 Å². The molecule has 0 radical (unpaired) electrons. The summed E-state index contributed by atoms with van der Waals surface area (Å²) in [5, 5.41) is 3.24. The molecule has 1 aliphatic rings. The molecular formula is C28H31ClN4O4S. The number of pyridine rings is 1. The van der Waals surface area contributed by atoms with Crippen LogP contribution in [0.15, 0.2) is 65.8 Å². The number of aryl methyl sites for hydroxylation is 2. The number of amides is 2. The van der Waals surface area contributed by atoms with Crippen molar-refractivity contribution in [2.24, 2.45) is 0 Å². The first-order valence-electron chi connectivity index (χ1n) is 12.4. The molecule has 0 bridgehead atoms. The van der Waals surface area contributed by atoms with Gasteiger partial charge >= 0.3 is 0 Å². The lowest BCUT2D eigenvalue weighted by atomic mass is 10.1. The number of halogens is 1. The summed E-state index contributed by atoms with van der Waals surface area (Å²) in [4.78, 5) is 32.7. The predicted molar refractivity (Wildman–Crippen MR) is 149 cm³/mol. The maximum atomic E-state index is 14.2. The van der Waals surface area contributed by atoms with Crippen LogP contribution in [0.5, 0.6) is 0 Å². The van der Waals surface area contributed by atoms with Crippen molar-refractivity contribution >= 4 is 44.8 Å². The van der Waals surface area contributed by atoms with E-state index in [4.69, 9.17) is 11.6 Å². The lowest BCUT2D eigenvalue weighted by molar-refractivity contribution is -0.134. The number of benzene rings is 2. The lowest BCUT2D eigenvalue weighted by Crippen LogP contribution is -2.53. The Labute approximate surface area is 228 Å². The highest BCUT2D eigenvalue weighted by Crippen LogP contribution is 2.38. The number of nitrogens with one attached hydrogen (secondary N) is 1. The van der Waals surface area contributed by atoms with Crippen molar-refractivity contribution in [3.8, 4) is 0 Å². The quantitative estimate of drug-likeness (QED) is 0.433. The Bertz CT molecular complexity index is 1460. The molecule has 38 heavy (non-hydrogen) atoms. The first-order valence-corrected chi connectivity index (χ1v) is 14.2. The number of hydrogen-bond donors (Lipinski definition) is 1. The summed E-state index contributed by atoms with van der Waals surface area (Å²) in [5.41, 5.74) is 2.76. The second-order valence-electron chi connectivity index (χ2n) is 9.68. The Hall–Kier alpha value is -3.43. The Morgan fingerprint density at radius 2 is 1.79 bits per heavy atom. The van der Waals surface area contributed by atoms with Gasteiger partial charge in [0.1, 0.15) is 6.04 Å². The van der Waals surface area contributed by atoms with E-state index in [1.54, 1.807) is 61.5 Å². The van der Waals surface area contributed by atoms with Crippen LogP contribution in [0.25, 0.3) is 0 Å².